The molecule has 0 bridgehead atoms. The molecule has 1 rings (SSSR count). The molecule has 1 saturated heterocycles. The average molecular weight is 153 g/mol. The van der Waals surface area contributed by atoms with E-state index in [9.17, 15) is 8.09 Å². The zero-order chi connectivity index (χ0) is 6.69. The summed E-state index contributed by atoms with van der Waals surface area (Å²) in [6.07, 6.45) is 0. The largest absolute Gasteiger partial charge is 0.379 e. The lowest BCUT2D eigenvalue weighted by atomic mass is 10.5. The molecule has 3 nitrogen and oxygen atoms in total. The van der Waals surface area contributed by atoms with Crippen LogP contribution in [0.2, 0.25) is 0 Å². The minimum absolute atomic E-state index is 0.434. The molecule has 0 amide bonds. The fraction of sp³-hybridized carbons (Fsp3) is 1.00. The van der Waals surface area contributed by atoms with Crippen molar-refractivity contribution in [2.75, 3.05) is 26.3 Å². The average Bonchev–Trinajstić information content (AvgIpc) is 1.90. The van der Waals surface area contributed by atoms with Crippen molar-refractivity contribution < 1.29 is 12.8 Å². The van der Waals surface area contributed by atoms with Crippen LogP contribution in [0.4, 0.5) is 3.89 Å². The number of hydrogen-bond acceptors (Lipinski definition) is 2. The van der Waals surface area contributed by atoms with E-state index in [1.54, 1.807) is 0 Å². The smallest absolute Gasteiger partial charge is 0.277 e. The molecule has 0 aromatic heterocycles. The first-order valence-electron chi connectivity index (χ1n) is 2.71. The molecule has 1 heterocycles. The van der Waals surface area contributed by atoms with Crippen LogP contribution in [0.25, 0.3) is 0 Å². The van der Waals surface area contributed by atoms with E-state index in [0.717, 1.165) is 0 Å². The van der Waals surface area contributed by atoms with Crippen LogP contribution in [0.3, 0.4) is 0 Å². The fourth-order valence-electron chi connectivity index (χ4n) is 0.690. The summed E-state index contributed by atoms with van der Waals surface area (Å²) in [6.45, 7) is 1.83. The van der Waals surface area contributed by atoms with Gasteiger partial charge in [-0.15, -0.1) is 3.89 Å². The van der Waals surface area contributed by atoms with Crippen molar-refractivity contribution >= 4 is 11.4 Å². The first kappa shape index (κ1) is 7.11. The Balaban J connectivity index is 2.31. The highest BCUT2D eigenvalue weighted by atomic mass is 32.2. The quantitative estimate of drug-likeness (QED) is 0.491. The summed E-state index contributed by atoms with van der Waals surface area (Å²) in [7, 11) is 0. The minimum atomic E-state index is -2.30. The molecule has 0 N–H and O–H groups in total. The van der Waals surface area contributed by atoms with E-state index in [4.69, 9.17) is 4.74 Å². The van der Waals surface area contributed by atoms with E-state index < -0.39 is 11.4 Å². The summed E-state index contributed by atoms with van der Waals surface area (Å²) in [5.41, 5.74) is 0. The van der Waals surface area contributed by atoms with E-state index in [1.165, 1.54) is 4.31 Å². The van der Waals surface area contributed by atoms with E-state index in [-0.39, 0.29) is 0 Å². The number of hydrogen-bond donors (Lipinski definition) is 0. The summed E-state index contributed by atoms with van der Waals surface area (Å²) >= 11 is -2.30. The second kappa shape index (κ2) is 3.24. The molecule has 0 spiro atoms. The Bertz CT molecular complexity index is 115. The molecule has 0 unspecified atom stereocenters. The Morgan fingerprint density at radius 1 is 1.44 bits per heavy atom. The summed E-state index contributed by atoms with van der Waals surface area (Å²) in [4.78, 5) is 0. The van der Waals surface area contributed by atoms with Crippen molar-refractivity contribution in [2.24, 2.45) is 0 Å². The van der Waals surface area contributed by atoms with Gasteiger partial charge in [0.1, 0.15) is 0 Å². The lowest BCUT2D eigenvalue weighted by Crippen LogP contribution is -2.35. The molecule has 1 aliphatic heterocycles. The van der Waals surface area contributed by atoms with Gasteiger partial charge in [-0.1, -0.05) is 0 Å². The molecular formula is C4H8FNO2S. The molecule has 0 aromatic rings. The predicted octanol–water partition coefficient (Wildman–Crippen LogP) is -0.133. The van der Waals surface area contributed by atoms with Gasteiger partial charge in [0, 0.05) is 13.1 Å². The minimum Gasteiger partial charge on any atom is -0.379 e. The number of halogens is 1. The van der Waals surface area contributed by atoms with E-state index in [0.29, 0.717) is 26.3 Å². The van der Waals surface area contributed by atoms with Gasteiger partial charge in [-0.25, -0.2) is 4.21 Å². The second-order valence-electron chi connectivity index (χ2n) is 1.75. The summed E-state index contributed by atoms with van der Waals surface area (Å²) in [5.74, 6) is 0. The predicted molar refractivity (Wildman–Crippen MR) is 31.6 cm³/mol. The maximum absolute atomic E-state index is 11.9. The molecule has 9 heavy (non-hydrogen) atoms. The van der Waals surface area contributed by atoms with E-state index >= 15 is 0 Å². The van der Waals surface area contributed by atoms with Crippen LogP contribution in [0.5, 0.6) is 0 Å². The van der Waals surface area contributed by atoms with Crippen LogP contribution in [0.15, 0.2) is 0 Å². The lowest BCUT2D eigenvalue weighted by molar-refractivity contribution is 0.0737. The molecule has 0 aliphatic carbocycles. The topological polar surface area (TPSA) is 29.5 Å². The molecule has 1 fully saturated rings. The zero-order valence-corrected chi connectivity index (χ0v) is 5.69. The Morgan fingerprint density at radius 2 is 2.00 bits per heavy atom. The summed E-state index contributed by atoms with van der Waals surface area (Å²) < 4.78 is 28.2. The Kier molecular flexibility index (Phi) is 2.56. The van der Waals surface area contributed by atoms with Gasteiger partial charge in [0.2, 0.25) is 0 Å². The van der Waals surface area contributed by atoms with E-state index in [2.05, 4.69) is 0 Å². The van der Waals surface area contributed by atoms with Crippen LogP contribution >= 0.6 is 0 Å². The zero-order valence-electron chi connectivity index (χ0n) is 4.88. The highest BCUT2D eigenvalue weighted by Crippen LogP contribution is 2.00. The number of morpholine rings is 1. The standard InChI is InChI=1S/C4H8FNO2S/c5-9(7)6-1-3-8-4-2-6/h1-4H2/t9-/m1/s1. The van der Waals surface area contributed by atoms with Gasteiger partial charge in [0.05, 0.1) is 13.2 Å². The van der Waals surface area contributed by atoms with Gasteiger partial charge in [-0.2, -0.15) is 4.31 Å². The highest BCUT2D eigenvalue weighted by Gasteiger charge is 2.15. The molecule has 0 radical (unpaired) electrons. The maximum Gasteiger partial charge on any atom is 0.277 e. The molecule has 54 valence electrons. The molecule has 5 heteroatoms. The van der Waals surface area contributed by atoms with Gasteiger partial charge in [-0.3, -0.25) is 0 Å². The Hall–Kier alpha value is -0.0000000000000000416. The lowest BCUT2D eigenvalue weighted by Gasteiger charge is -2.20. The highest BCUT2D eigenvalue weighted by molar-refractivity contribution is 7.77. The van der Waals surface area contributed by atoms with Crippen molar-refractivity contribution in [1.29, 1.82) is 0 Å². The Morgan fingerprint density at radius 3 is 2.33 bits per heavy atom. The summed E-state index contributed by atoms with van der Waals surface area (Å²) in [5, 5.41) is 0. The molecule has 1 atom stereocenters. The number of ether oxygens (including phenoxy) is 1. The van der Waals surface area contributed by atoms with Gasteiger partial charge >= 0.3 is 0 Å². The van der Waals surface area contributed by atoms with Crippen LogP contribution in [0, 0.1) is 0 Å². The molecule has 0 saturated carbocycles. The van der Waals surface area contributed by atoms with Crippen molar-refractivity contribution in [3.05, 3.63) is 0 Å². The van der Waals surface area contributed by atoms with Gasteiger partial charge in [0.15, 0.2) is 0 Å². The third-order valence-electron chi connectivity index (χ3n) is 1.17. The van der Waals surface area contributed by atoms with Crippen LogP contribution in [-0.4, -0.2) is 34.8 Å². The van der Waals surface area contributed by atoms with Gasteiger partial charge < -0.3 is 4.74 Å². The first-order valence-corrected chi connectivity index (χ1v) is 3.72. The summed E-state index contributed by atoms with van der Waals surface area (Å²) in [6, 6.07) is 0. The SMILES string of the molecule is O=[S@](F)N1CCOCC1. The van der Waals surface area contributed by atoms with Crippen molar-refractivity contribution in [1.82, 2.24) is 4.31 Å². The first-order chi connectivity index (χ1) is 4.30. The van der Waals surface area contributed by atoms with Gasteiger partial charge in [0.25, 0.3) is 11.4 Å². The van der Waals surface area contributed by atoms with Crippen molar-refractivity contribution in [3.8, 4) is 0 Å². The fourth-order valence-corrected chi connectivity index (χ4v) is 1.13. The molecular weight excluding hydrogens is 145 g/mol. The third-order valence-corrected chi connectivity index (χ3v) is 1.94. The van der Waals surface area contributed by atoms with Gasteiger partial charge in [-0.05, 0) is 0 Å². The maximum atomic E-state index is 11.9. The van der Waals surface area contributed by atoms with Crippen LogP contribution in [-0.2, 0) is 16.1 Å². The second-order valence-corrected chi connectivity index (χ2v) is 2.68. The van der Waals surface area contributed by atoms with Crippen molar-refractivity contribution in [2.45, 2.75) is 0 Å². The molecule has 1 aliphatic rings. The third kappa shape index (κ3) is 2.00. The van der Waals surface area contributed by atoms with Crippen molar-refractivity contribution in [3.63, 3.8) is 0 Å². The normalized spacial score (nSPS) is 25.9. The number of nitrogens with zero attached hydrogens (tertiary/aromatic N) is 1. The van der Waals surface area contributed by atoms with E-state index in [1.807, 2.05) is 0 Å². The van der Waals surface area contributed by atoms with Crippen LogP contribution < -0.4 is 0 Å². The van der Waals surface area contributed by atoms with Crippen LogP contribution in [0.1, 0.15) is 0 Å². The number of rotatable bonds is 1. The molecule has 0 aromatic carbocycles. The Labute approximate surface area is 55.7 Å². The monoisotopic (exact) mass is 153 g/mol.